The van der Waals surface area contributed by atoms with Crippen molar-refractivity contribution in [3.05, 3.63) is 11.6 Å². The highest BCUT2D eigenvalue weighted by Gasteiger charge is 2.13. The van der Waals surface area contributed by atoms with Gasteiger partial charge in [0.1, 0.15) is 11.6 Å². The molecule has 1 aliphatic rings. The van der Waals surface area contributed by atoms with Gasteiger partial charge in [-0.1, -0.05) is 6.92 Å². The fourth-order valence-corrected chi connectivity index (χ4v) is 1.63. The average Bonchev–Trinajstić information content (AvgIpc) is 2.47. The SMILES string of the molecule is CCc1nnc2n1CCCC2. The van der Waals surface area contributed by atoms with Gasteiger partial charge in [0.15, 0.2) is 0 Å². The number of hydrogen-bond donors (Lipinski definition) is 0. The molecule has 0 spiro atoms. The molecule has 0 bridgehead atoms. The van der Waals surface area contributed by atoms with E-state index in [1.807, 2.05) is 0 Å². The third-order valence-electron chi connectivity index (χ3n) is 2.25. The van der Waals surface area contributed by atoms with Crippen LogP contribution in [0.25, 0.3) is 0 Å². The fraction of sp³-hybridized carbons (Fsp3) is 0.750. The lowest BCUT2D eigenvalue weighted by atomic mass is 10.1. The molecule has 2 heterocycles. The Balaban J connectivity index is 2.38. The van der Waals surface area contributed by atoms with Crippen LogP contribution in [0.2, 0.25) is 0 Å². The molecule has 0 aliphatic carbocycles. The predicted octanol–water partition coefficient (Wildman–Crippen LogP) is 1.18. The van der Waals surface area contributed by atoms with Crippen molar-refractivity contribution in [1.29, 1.82) is 0 Å². The summed E-state index contributed by atoms with van der Waals surface area (Å²) >= 11 is 0. The van der Waals surface area contributed by atoms with Crippen molar-refractivity contribution in [2.75, 3.05) is 0 Å². The number of fused-ring (bicyclic) bond motifs is 1. The fourth-order valence-electron chi connectivity index (χ4n) is 1.63. The van der Waals surface area contributed by atoms with Crippen LogP contribution < -0.4 is 0 Å². The van der Waals surface area contributed by atoms with Gasteiger partial charge in [0, 0.05) is 19.4 Å². The highest BCUT2D eigenvalue weighted by atomic mass is 15.3. The van der Waals surface area contributed by atoms with E-state index >= 15 is 0 Å². The molecule has 0 saturated heterocycles. The summed E-state index contributed by atoms with van der Waals surface area (Å²) in [4.78, 5) is 0. The van der Waals surface area contributed by atoms with Crippen molar-refractivity contribution < 1.29 is 0 Å². The molecule has 0 saturated carbocycles. The van der Waals surface area contributed by atoms with E-state index in [-0.39, 0.29) is 0 Å². The maximum atomic E-state index is 4.14. The van der Waals surface area contributed by atoms with Crippen molar-refractivity contribution in [1.82, 2.24) is 14.8 Å². The number of aryl methyl sites for hydroxylation is 2. The summed E-state index contributed by atoms with van der Waals surface area (Å²) in [6, 6.07) is 0. The zero-order valence-electron chi connectivity index (χ0n) is 6.88. The number of nitrogens with zero attached hydrogens (tertiary/aromatic N) is 3. The summed E-state index contributed by atoms with van der Waals surface area (Å²) in [6.07, 6.45) is 4.69. The Labute approximate surface area is 66.4 Å². The van der Waals surface area contributed by atoms with Gasteiger partial charge >= 0.3 is 0 Å². The van der Waals surface area contributed by atoms with E-state index in [0.29, 0.717) is 0 Å². The number of rotatable bonds is 1. The van der Waals surface area contributed by atoms with Gasteiger partial charge < -0.3 is 4.57 Å². The highest BCUT2D eigenvalue weighted by Crippen LogP contribution is 2.13. The van der Waals surface area contributed by atoms with Crippen LogP contribution in [0.4, 0.5) is 0 Å². The van der Waals surface area contributed by atoms with Gasteiger partial charge in [0.25, 0.3) is 0 Å². The second-order valence-electron chi connectivity index (χ2n) is 2.99. The van der Waals surface area contributed by atoms with Crippen molar-refractivity contribution in [3.63, 3.8) is 0 Å². The molecule has 0 amide bonds. The Kier molecular flexibility index (Phi) is 1.64. The molecule has 0 atom stereocenters. The molecule has 0 radical (unpaired) electrons. The summed E-state index contributed by atoms with van der Waals surface area (Å²) in [5, 5.41) is 8.27. The standard InChI is InChI=1S/C8H13N3/c1-2-7-9-10-8-5-3-4-6-11(7)8/h2-6H2,1H3. The molecular formula is C8H13N3. The van der Waals surface area contributed by atoms with Gasteiger partial charge in [-0.2, -0.15) is 0 Å². The molecule has 60 valence electrons. The molecule has 3 nitrogen and oxygen atoms in total. The minimum atomic E-state index is 1.01. The number of aromatic nitrogens is 3. The largest absolute Gasteiger partial charge is 0.315 e. The Morgan fingerprint density at radius 2 is 2.27 bits per heavy atom. The van der Waals surface area contributed by atoms with Crippen LogP contribution in [0, 0.1) is 0 Å². The smallest absolute Gasteiger partial charge is 0.132 e. The zero-order chi connectivity index (χ0) is 7.68. The van der Waals surface area contributed by atoms with Gasteiger partial charge in [-0.3, -0.25) is 0 Å². The minimum Gasteiger partial charge on any atom is -0.315 e. The second-order valence-corrected chi connectivity index (χ2v) is 2.99. The van der Waals surface area contributed by atoms with Crippen LogP contribution in [-0.2, 0) is 19.4 Å². The Hall–Kier alpha value is -0.860. The van der Waals surface area contributed by atoms with E-state index < -0.39 is 0 Å². The monoisotopic (exact) mass is 151 g/mol. The third kappa shape index (κ3) is 1.04. The molecular weight excluding hydrogens is 138 g/mol. The van der Waals surface area contributed by atoms with Crippen molar-refractivity contribution in [3.8, 4) is 0 Å². The summed E-state index contributed by atoms with van der Waals surface area (Å²) in [6.45, 7) is 3.26. The van der Waals surface area contributed by atoms with Gasteiger partial charge in [0.05, 0.1) is 0 Å². The quantitative estimate of drug-likeness (QED) is 0.603. The first-order valence-corrected chi connectivity index (χ1v) is 4.32. The van der Waals surface area contributed by atoms with Crippen molar-refractivity contribution in [2.24, 2.45) is 0 Å². The Bertz CT molecular complexity index is 238. The lowest BCUT2D eigenvalue weighted by Crippen LogP contribution is -2.12. The molecule has 0 unspecified atom stereocenters. The first-order valence-electron chi connectivity index (χ1n) is 4.32. The Morgan fingerprint density at radius 3 is 3.09 bits per heavy atom. The molecule has 2 rings (SSSR count). The molecule has 0 N–H and O–H groups in total. The van der Waals surface area contributed by atoms with Crippen LogP contribution in [0.15, 0.2) is 0 Å². The Morgan fingerprint density at radius 1 is 1.36 bits per heavy atom. The maximum absolute atomic E-state index is 4.14. The van der Waals surface area contributed by atoms with Gasteiger partial charge in [-0.05, 0) is 12.8 Å². The lowest BCUT2D eigenvalue weighted by Gasteiger charge is -2.13. The van der Waals surface area contributed by atoms with E-state index in [4.69, 9.17) is 0 Å². The summed E-state index contributed by atoms with van der Waals surface area (Å²) in [5.41, 5.74) is 0. The van der Waals surface area contributed by atoms with Gasteiger partial charge in [0.2, 0.25) is 0 Å². The lowest BCUT2D eigenvalue weighted by molar-refractivity contribution is 0.509. The maximum Gasteiger partial charge on any atom is 0.132 e. The third-order valence-corrected chi connectivity index (χ3v) is 2.25. The summed E-state index contributed by atoms with van der Waals surface area (Å²) in [5.74, 6) is 2.34. The zero-order valence-corrected chi connectivity index (χ0v) is 6.88. The molecule has 0 aromatic carbocycles. The normalized spacial score (nSPS) is 16.5. The molecule has 1 aromatic heterocycles. The minimum absolute atomic E-state index is 1.01. The number of hydrogen-bond acceptors (Lipinski definition) is 2. The second kappa shape index (κ2) is 2.64. The van der Waals surface area contributed by atoms with Crippen LogP contribution in [-0.4, -0.2) is 14.8 Å². The van der Waals surface area contributed by atoms with Crippen molar-refractivity contribution >= 4 is 0 Å². The van der Waals surface area contributed by atoms with Crippen LogP contribution in [0.1, 0.15) is 31.4 Å². The van der Waals surface area contributed by atoms with Gasteiger partial charge in [-0.25, -0.2) is 0 Å². The molecule has 3 heteroatoms. The van der Waals surface area contributed by atoms with Crippen LogP contribution in [0.5, 0.6) is 0 Å². The van der Waals surface area contributed by atoms with Crippen molar-refractivity contribution in [2.45, 2.75) is 39.2 Å². The highest BCUT2D eigenvalue weighted by molar-refractivity contribution is 4.98. The molecule has 11 heavy (non-hydrogen) atoms. The van der Waals surface area contributed by atoms with Crippen LogP contribution in [0.3, 0.4) is 0 Å². The first kappa shape index (κ1) is 6.83. The van der Waals surface area contributed by atoms with Crippen LogP contribution >= 0.6 is 0 Å². The molecule has 1 aliphatic heterocycles. The molecule has 0 fully saturated rings. The van der Waals surface area contributed by atoms with Gasteiger partial charge in [-0.15, -0.1) is 10.2 Å². The van der Waals surface area contributed by atoms with E-state index in [1.54, 1.807) is 0 Å². The summed E-state index contributed by atoms with van der Waals surface area (Å²) in [7, 11) is 0. The topological polar surface area (TPSA) is 30.7 Å². The van der Waals surface area contributed by atoms with E-state index in [0.717, 1.165) is 25.2 Å². The summed E-state index contributed by atoms with van der Waals surface area (Å²) < 4.78 is 2.27. The van der Waals surface area contributed by atoms with E-state index in [9.17, 15) is 0 Å². The first-order chi connectivity index (χ1) is 5.42. The molecule has 1 aromatic rings. The average molecular weight is 151 g/mol. The van der Waals surface area contributed by atoms with E-state index in [2.05, 4.69) is 21.7 Å². The predicted molar refractivity (Wildman–Crippen MR) is 42.3 cm³/mol. The van der Waals surface area contributed by atoms with E-state index in [1.165, 1.54) is 18.7 Å².